The molecule has 19 heavy (non-hydrogen) atoms. The molecule has 2 N–H and O–H groups in total. The Balaban J connectivity index is 0.00000324. The number of rotatable bonds is 9. The molecular weight excluding hydrogens is 282 g/mol. The molecule has 0 aliphatic carbocycles. The van der Waals surface area contributed by atoms with Gasteiger partial charge in [-0.05, 0) is 12.2 Å². The van der Waals surface area contributed by atoms with Crippen LogP contribution < -0.4 is 10.6 Å². The van der Waals surface area contributed by atoms with Crippen molar-refractivity contribution in [3.05, 3.63) is 0 Å². The fourth-order valence-electron chi connectivity index (χ4n) is 1.89. The van der Waals surface area contributed by atoms with Gasteiger partial charge in [-0.1, -0.05) is 13.3 Å². The Labute approximate surface area is 127 Å². The lowest BCUT2D eigenvalue weighted by Gasteiger charge is -2.27. The van der Waals surface area contributed by atoms with E-state index in [4.69, 9.17) is 0 Å². The summed E-state index contributed by atoms with van der Waals surface area (Å²) in [5, 5.41) is 6.33. The number of thioether (sulfide) groups is 1. The van der Waals surface area contributed by atoms with Gasteiger partial charge in [0.15, 0.2) is 0 Å². The molecule has 0 aromatic carbocycles. The summed E-state index contributed by atoms with van der Waals surface area (Å²) < 4.78 is 0. The van der Waals surface area contributed by atoms with Crippen molar-refractivity contribution in [2.45, 2.75) is 26.2 Å². The van der Waals surface area contributed by atoms with Crippen LogP contribution in [0.3, 0.4) is 0 Å². The summed E-state index contributed by atoms with van der Waals surface area (Å²) in [6.45, 7) is 8.31. The Morgan fingerprint density at radius 3 is 2.74 bits per heavy atom. The molecule has 0 saturated carbocycles. The van der Waals surface area contributed by atoms with Crippen molar-refractivity contribution < 1.29 is 4.79 Å². The number of carbonyl (C=O) groups is 1. The summed E-state index contributed by atoms with van der Waals surface area (Å²) in [6.07, 6.45) is 3.16. The van der Waals surface area contributed by atoms with Gasteiger partial charge in [-0.15, -0.1) is 12.4 Å². The lowest BCUT2D eigenvalue weighted by atomic mass is 10.3. The third kappa shape index (κ3) is 10.5. The van der Waals surface area contributed by atoms with Crippen molar-refractivity contribution >= 4 is 30.1 Å². The van der Waals surface area contributed by atoms with Gasteiger partial charge in [-0.25, -0.2) is 0 Å². The first-order valence-corrected chi connectivity index (χ1v) is 8.26. The summed E-state index contributed by atoms with van der Waals surface area (Å²) in [4.78, 5) is 14.0. The molecule has 1 amide bonds. The SMILES string of the molecule is CCCCSCCC(=O)NCCN1CCNCC1.Cl. The van der Waals surface area contributed by atoms with E-state index < -0.39 is 0 Å². The second-order valence-corrected chi connectivity index (χ2v) is 5.88. The average Bonchev–Trinajstić information content (AvgIpc) is 2.40. The fourth-order valence-corrected chi connectivity index (χ4v) is 2.92. The zero-order valence-electron chi connectivity index (χ0n) is 12.0. The van der Waals surface area contributed by atoms with Crippen LogP contribution in [0.25, 0.3) is 0 Å². The molecule has 1 aliphatic heterocycles. The Morgan fingerprint density at radius 1 is 1.32 bits per heavy atom. The van der Waals surface area contributed by atoms with E-state index in [2.05, 4.69) is 22.5 Å². The summed E-state index contributed by atoms with van der Waals surface area (Å²) in [6, 6.07) is 0. The number of carbonyl (C=O) groups excluding carboxylic acids is 1. The van der Waals surface area contributed by atoms with Crippen molar-refractivity contribution in [1.82, 2.24) is 15.5 Å². The van der Waals surface area contributed by atoms with Crippen LogP contribution in [0.5, 0.6) is 0 Å². The van der Waals surface area contributed by atoms with Crippen LogP contribution in [0, 0.1) is 0 Å². The standard InChI is InChI=1S/C13H27N3OS.ClH/c1-2-3-11-18-12-4-13(17)15-7-10-16-8-5-14-6-9-16;/h14H,2-12H2,1H3,(H,15,17);1H. The van der Waals surface area contributed by atoms with Gasteiger partial charge in [0.05, 0.1) is 0 Å². The molecule has 0 aromatic rings. The highest BCUT2D eigenvalue weighted by molar-refractivity contribution is 7.99. The van der Waals surface area contributed by atoms with Crippen LogP contribution in [-0.4, -0.2) is 61.6 Å². The van der Waals surface area contributed by atoms with Crippen LogP contribution in [0.15, 0.2) is 0 Å². The molecule has 114 valence electrons. The van der Waals surface area contributed by atoms with Gasteiger partial charge in [0.25, 0.3) is 0 Å². The minimum atomic E-state index is 0. The van der Waals surface area contributed by atoms with Crippen molar-refractivity contribution in [3.8, 4) is 0 Å². The maximum atomic E-state index is 11.6. The van der Waals surface area contributed by atoms with Gasteiger partial charge in [0, 0.05) is 51.4 Å². The number of nitrogens with zero attached hydrogens (tertiary/aromatic N) is 1. The molecule has 0 radical (unpaired) electrons. The number of hydrogen-bond acceptors (Lipinski definition) is 4. The first-order valence-electron chi connectivity index (χ1n) is 7.10. The molecular formula is C13H28ClN3OS. The maximum Gasteiger partial charge on any atom is 0.220 e. The third-order valence-corrected chi connectivity index (χ3v) is 4.15. The third-order valence-electron chi connectivity index (χ3n) is 3.08. The molecule has 0 atom stereocenters. The zero-order chi connectivity index (χ0) is 13.1. The van der Waals surface area contributed by atoms with Gasteiger partial charge in [-0.3, -0.25) is 9.69 Å². The molecule has 0 unspecified atom stereocenters. The van der Waals surface area contributed by atoms with Gasteiger partial charge >= 0.3 is 0 Å². The summed E-state index contributed by atoms with van der Waals surface area (Å²) in [5.74, 6) is 2.35. The van der Waals surface area contributed by atoms with Crippen LogP contribution in [0.2, 0.25) is 0 Å². The van der Waals surface area contributed by atoms with Crippen LogP contribution in [0.1, 0.15) is 26.2 Å². The largest absolute Gasteiger partial charge is 0.355 e. The molecule has 4 nitrogen and oxygen atoms in total. The predicted molar refractivity (Wildman–Crippen MR) is 86.4 cm³/mol. The van der Waals surface area contributed by atoms with E-state index in [1.165, 1.54) is 18.6 Å². The van der Waals surface area contributed by atoms with E-state index in [0.717, 1.165) is 45.0 Å². The molecule has 0 spiro atoms. The smallest absolute Gasteiger partial charge is 0.220 e. The van der Waals surface area contributed by atoms with E-state index in [9.17, 15) is 4.79 Å². The Morgan fingerprint density at radius 2 is 2.05 bits per heavy atom. The Kier molecular flexibility index (Phi) is 13.1. The molecule has 6 heteroatoms. The number of unbranched alkanes of at least 4 members (excludes halogenated alkanes) is 1. The number of amides is 1. The predicted octanol–water partition coefficient (Wildman–Crippen LogP) is 1.35. The molecule has 0 bridgehead atoms. The number of hydrogen-bond donors (Lipinski definition) is 2. The zero-order valence-corrected chi connectivity index (χ0v) is 13.6. The van der Waals surface area contributed by atoms with Crippen molar-refractivity contribution in [1.29, 1.82) is 0 Å². The Hall–Kier alpha value is 0.0300. The van der Waals surface area contributed by atoms with E-state index >= 15 is 0 Å². The minimum absolute atomic E-state index is 0. The van der Waals surface area contributed by atoms with Crippen LogP contribution >= 0.6 is 24.2 Å². The normalized spacial score (nSPS) is 15.8. The second kappa shape index (κ2) is 13.0. The minimum Gasteiger partial charge on any atom is -0.355 e. The van der Waals surface area contributed by atoms with E-state index in [1.54, 1.807) is 0 Å². The van der Waals surface area contributed by atoms with Gasteiger partial charge in [-0.2, -0.15) is 11.8 Å². The van der Waals surface area contributed by atoms with Gasteiger partial charge in [0.1, 0.15) is 0 Å². The molecule has 1 rings (SSSR count). The highest BCUT2D eigenvalue weighted by Crippen LogP contribution is 2.05. The number of nitrogens with one attached hydrogen (secondary N) is 2. The van der Waals surface area contributed by atoms with Gasteiger partial charge < -0.3 is 10.6 Å². The number of halogens is 1. The molecule has 1 heterocycles. The summed E-state index contributed by atoms with van der Waals surface area (Å²) in [5.41, 5.74) is 0. The molecule has 0 aromatic heterocycles. The first kappa shape index (κ1) is 19.0. The number of piperazine rings is 1. The van der Waals surface area contributed by atoms with E-state index in [0.29, 0.717) is 6.42 Å². The highest BCUT2D eigenvalue weighted by Gasteiger charge is 2.09. The Bertz CT molecular complexity index is 226. The second-order valence-electron chi connectivity index (χ2n) is 4.66. The fraction of sp³-hybridized carbons (Fsp3) is 0.923. The average molecular weight is 310 g/mol. The first-order chi connectivity index (χ1) is 8.83. The lowest BCUT2D eigenvalue weighted by Crippen LogP contribution is -2.46. The van der Waals surface area contributed by atoms with Crippen molar-refractivity contribution in [2.24, 2.45) is 0 Å². The molecule has 1 saturated heterocycles. The monoisotopic (exact) mass is 309 g/mol. The van der Waals surface area contributed by atoms with E-state index in [1.807, 2.05) is 11.8 Å². The van der Waals surface area contributed by atoms with Crippen LogP contribution in [0.4, 0.5) is 0 Å². The molecule has 1 fully saturated rings. The van der Waals surface area contributed by atoms with Crippen molar-refractivity contribution in [3.63, 3.8) is 0 Å². The van der Waals surface area contributed by atoms with E-state index in [-0.39, 0.29) is 18.3 Å². The van der Waals surface area contributed by atoms with Gasteiger partial charge in [0.2, 0.25) is 5.91 Å². The topological polar surface area (TPSA) is 44.4 Å². The lowest BCUT2D eigenvalue weighted by molar-refractivity contribution is -0.120. The van der Waals surface area contributed by atoms with Crippen LogP contribution in [-0.2, 0) is 4.79 Å². The molecule has 1 aliphatic rings. The summed E-state index contributed by atoms with van der Waals surface area (Å²) in [7, 11) is 0. The summed E-state index contributed by atoms with van der Waals surface area (Å²) >= 11 is 1.89. The highest BCUT2D eigenvalue weighted by atomic mass is 35.5. The van der Waals surface area contributed by atoms with Crippen molar-refractivity contribution in [2.75, 3.05) is 50.8 Å². The maximum absolute atomic E-state index is 11.6. The quantitative estimate of drug-likeness (QED) is 0.631.